The third-order valence-electron chi connectivity index (χ3n) is 2.51. The Balaban J connectivity index is 2.98. The van der Waals surface area contributed by atoms with Crippen molar-refractivity contribution in [1.29, 1.82) is 0 Å². The van der Waals surface area contributed by atoms with Crippen molar-refractivity contribution in [1.82, 2.24) is 15.3 Å². The summed E-state index contributed by atoms with van der Waals surface area (Å²) < 4.78 is 4.39. The minimum Gasteiger partial charge on any atom is -0.468 e. The fraction of sp³-hybridized carbons (Fsp3) is 0.500. The van der Waals surface area contributed by atoms with E-state index < -0.39 is 17.4 Å². The highest BCUT2D eigenvalue weighted by atomic mass is 16.5. The van der Waals surface area contributed by atoms with Crippen LogP contribution < -0.4 is 10.9 Å². The van der Waals surface area contributed by atoms with Gasteiger partial charge in [0.1, 0.15) is 17.9 Å². The molecular formula is C12H17N3O4. The van der Waals surface area contributed by atoms with Crippen LogP contribution in [0.25, 0.3) is 0 Å². The molecule has 0 radical (unpaired) electrons. The third-order valence-corrected chi connectivity index (χ3v) is 2.51. The van der Waals surface area contributed by atoms with E-state index in [2.05, 4.69) is 20.0 Å². The highest BCUT2D eigenvalue weighted by molar-refractivity contribution is 5.96. The van der Waals surface area contributed by atoms with Crippen LogP contribution in [-0.2, 0) is 9.53 Å². The van der Waals surface area contributed by atoms with Gasteiger partial charge in [0.05, 0.1) is 12.8 Å². The van der Waals surface area contributed by atoms with Gasteiger partial charge in [-0.2, -0.15) is 0 Å². The number of aryl methyl sites for hydroxylation is 1. The Kier molecular flexibility index (Phi) is 4.80. The first kappa shape index (κ1) is 14.9. The molecule has 0 aliphatic carbocycles. The molecule has 0 bridgehead atoms. The van der Waals surface area contributed by atoms with Crippen LogP contribution in [0.15, 0.2) is 4.79 Å². The van der Waals surface area contributed by atoms with E-state index in [9.17, 15) is 14.4 Å². The van der Waals surface area contributed by atoms with Crippen molar-refractivity contribution in [3.63, 3.8) is 0 Å². The minimum atomic E-state index is -0.646. The summed E-state index contributed by atoms with van der Waals surface area (Å²) in [5.74, 6) is -0.660. The highest BCUT2D eigenvalue weighted by Gasteiger charge is 2.17. The molecule has 1 aromatic heterocycles. The van der Waals surface area contributed by atoms with Crippen molar-refractivity contribution >= 4 is 11.9 Å². The first-order valence-electron chi connectivity index (χ1n) is 5.82. The summed E-state index contributed by atoms with van der Waals surface area (Å²) in [5, 5.41) is 2.31. The number of rotatable bonds is 4. The second-order valence-electron chi connectivity index (χ2n) is 4.33. The van der Waals surface area contributed by atoms with Crippen molar-refractivity contribution < 1.29 is 14.3 Å². The number of hydrogen-bond acceptors (Lipinski definition) is 5. The SMILES string of the molecule is COC(=O)CNC(=O)c1c(C)nc(C(C)C)[nH]c1=O. The molecule has 1 heterocycles. The Morgan fingerprint density at radius 3 is 2.53 bits per heavy atom. The summed E-state index contributed by atoms with van der Waals surface area (Å²) >= 11 is 0. The van der Waals surface area contributed by atoms with Gasteiger partial charge in [0.15, 0.2) is 0 Å². The summed E-state index contributed by atoms with van der Waals surface area (Å²) in [5.41, 5.74) is -0.276. The van der Waals surface area contributed by atoms with E-state index in [4.69, 9.17) is 0 Å². The van der Waals surface area contributed by atoms with Crippen LogP contribution in [0.2, 0.25) is 0 Å². The lowest BCUT2D eigenvalue weighted by atomic mass is 10.1. The van der Waals surface area contributed by atoms with Crippen molar-refractivity contribution in [3.8, 4) is 0 Å². The number of esters is 1. The Hall–Kier alpha value is -2.18. The zero-order chi connectivity index (χ0) is 14.6. The normalized spacial score (nSPS) is 10.4. The molecule has 7 nitrogen and oxygen atoms in total. The third kappa shape index (κ3) is 3.64. The standard InChI is InChI=1S/C12H17N3O4/c1-6(2)10-14-7(3)9(12(18)15-10)11(17)13-5-8(16)19-4/h6H,5H2,1-4H3,(H,13,17)(H,14,15,18). The van der Waals surface area contributed by atoms with E-state index >= 15 is 0 Å². The molecule has 1 rings (SSSR count). The quantitative estimate of drug-likeness (QED) is 0.754. The Morgan fingerprint density at radius 1 is 1.42 bits per heavy atom. The van der Waals surface area contributed by atoms with Crippen LogP contribution >= 0.6 is 0 Å². The maximum atomic E-state index is 11.8. The Morgan fingerprint density at radius 2 is 2.05 bits per heavy atom. The van der Waals surface area contributed by atoms with Crippen LogP contribution in [0.3, 0.4) is 0 Å². The fourth-order valence-electron chi connectivity index (χ4n) is 1.46. The molecule has 104 valence electrons. The molecule has 0 aliphatic rings. The molecule has 19 heavy (non-hydrogen) atoms. The average molecular weight is 267 g/mol. The van der Waals surface area contributed by atoms with Gasteiger partial charge < -0.3 is 15.0 Å². The van der Waals surface area contributed by atoms with E-state index in [-0.39, 0.29) is 18.0 Å². The van der Waals surface area contributed by atoms with Gasteiger partial charge in [0.25, 0.3) is 11.5 Å². The van der Waals surface area contributed by atoms with Gasteiger partial charge in [0.2, 0.25) is 0 Å². The summed E-state index contributed by atoms with van der Waals surface area (Å²) in [6.07, 6.45) is 0. The predicted octanol–water partition coefficient (Wildman–Crippen LogP) is 0.105. The lowest BCUT2D eigenvalue weighted by Gasteiger charge is -2.09. The number of methoxy groups -OCH3 is 1. The van der Waals surface area contributed by atoms with Crippen LogP contribution in [0, 0.1) is 6.92 Å². The van der Waals surface area contributed by atoms with E-state index in [0.717, 1.165) is 0 Å². The van der Waals surface area contributed by atoms with Gasteiger partial charge in [0, 0.05) is 5.92 Å². The van der Waals surface area contributed by atoms with Gasteiger partial charge >= 0.3 is 5.97 Å². The van der Waals surface area contributed by atoms with Gasteiger partial charge in [-0.05, 0) is 6.92 Å². The van der Waals surface area contributed by atoms with Crippen molar-refractivity contribution in [2.45, 2.75) is 26.7 Å². The van der Waals surface area contributed by atoms with Crippen molar-refractivity contribution in [2.24, 2.45) is 0 Å². The molecule has 0 aliphatic heterocycles. The maximum Gasteiger partial charge on any atom is 0.325 e. The molecular weight excluding hydrogens is 250 g/mol. The molecule has 2 N–H and O–H groups in total. The molecule has 0 aromatic carbocycles. The molecule has 0 spiro atoms. The molecule has 1 amide bonds. The number of aromatic amines is 1. The Labute approximate surface area is 110 Å². The average Bonchev–Trinajstić information content (AvgIpc) is 2.34. The van der Waals surface area contributed by atoms with E-state index in [1.165, 1.54) is 7.11 Å². The van der Waals surface area contributed by atoms with E-state index in [1.807, 2.05) is 13.8 Å². The van der Waals surface area contributed by atoms with Crippen LogP contribution in [0.1, 0.15) is 41.6 Å². The topological polar surface area (TPSA) is 101 Å². The van der Waals surface area contributed by atoms with Gasteiger partial charge in [-0.15, -0.1) is 0 Å². The second kappa shape index (κ2) is 6.12. The van der Waals surface area contributed by atoms with Crippen molar-refractivity contribution in [2.75, 3.05) is 13.7 Å². The number of nitrogens with one attached hydrogen (secondary N) is 2. The molecule has 1 aromatic rings. The number of amides is 1. The molecule has 7 heteroatoms. The van der Waals surface area contributed by atoms with Crippen LogP contribution in [0.4, 0.5) is 0 Å². The molecule has 0 atom stereocenters. The van der Waals surface area contributed by atoms with E-state index in [0.29, 0.717) is 11.5 Å². The summed E-state index contributed by atoms with van der Waals surface area (Å²) in [6, 6.07) is 0. The number of aromatic nitrogens is 2. The number of hydrogen-bond donors (Lipinski definition) is 2. The Bertz CT molecular complexity index is 548. The summed E-state index contributed by atoms with van der Waals surface area (Å²) in [7, 11) is 1.21. The highest BCUT2D eigenvalue weighted by Crippen LogP contribution is 2.08. The second-order valence-corrected chi connectivity index (χ2v) is 4.33. The van der Waals surface area contributed by atoms with Gasteiger partial charge in [-0.1, -0.05) is 13.8 Å². The fourth-order valence-corrected chi connectivity index (χ4v) is 1.46. The van der Waals surface area contributed by atoms with E-state index in [1.54, 1.807) is 6.92 Å². The molecule has 0 unspecified atom stereocenters. The molecule has 0 saturated heterocycles. The maximum absolute atomic E-state index is 11.8. The monoisotopic (exact) mass is 267 g/mol. The number of ether oxygens (including phenoxy) is 1. The number of carbonyl (C=O) groups excluding carboxylic acids is 2. The number of H-pyrrole nitrogens is 1. The lowest BCUT2D eigenvalue weighted by molar-refractivity contribution is -0.139. The minimum absolute atomic E-state index is 0.0542. The zero-order valence-electron chi connectivity index (χ0n) is 11.4. The zero-order valence-corrected chi connectivity index (χ0v) is 11.4. The lowest BCUT2D eigenvalue weighted by Crippen LogP contribution is -2.35. The van der Waals surface area contributed by atoms with Crippen LogP contribution in [0.5, 0.6) is 0 Å². The van der Waals surface area contributed by atoms with Crippen molar-refractivity contribution in [3.05, 3.63) is 27.4 Å². The van der Waals surface area contributed by atoms with Gasteiger partial charge in [-0.3, -0.25) is 14.4 Å². The largest absolute Gasteiger partial charge is 0.468 e. The number of carbonyl (C=O) groups is 2. The molecule has 0 saturated carbocycles. The first-order chi connectivity index (χ1) is 8.86. The number of nitrogens with zero attached hydrogens (tertiary/aromatic N) is 1. The molecule has 0 fully saturated rings. The first-order valence-corrected chi connectivity index (χ1v) is 5.82. The van der Waals surface area contributed by atoms with Crippen LogP contribution in [-0.4, -0.2) is 35.5 Å². The summed E-state index contributed by atoms with van der Waals surface area (Å²) in [6.45, 7) is 5.05. The smallest absolute Gasteiger partial charge is 0.325 e. The van der Waals surface area contributed by atoms with Gasteiger partial charge in [-0.25, -0.2) is 4.98 Å². The predicted molar refractivity (Wildman–Crippen MR) is 68.0 cm³/mol. The summed E-state index contributed by atoms with van der Waals surface area (Å²) in [4.78, 5) is 41.3.